The lowest BCUT2D eigenvalue weighted by molar-refractivity contribution is 0.353. The van der Waals surface area contributed by atoms with Gasteiger partial charge in [0.15, 0.2) is 0 Å². The summed E-state index contributed by atoms with van der Waals surface area (Å²) in [5.41, 5.74) is 1.32. The molecule has 9 heavy (non-hydrogen) atoms. The second-order valence-electron chi connectivity index (χ2n) is 2.85. The molecule has 2 aliphatic rings. The fourth-order valence-electron chi connectivity index (χ4n) is 1.65. The summed E-state index contributed by atoms with van der Waals surface area (Å²) in [6.07, 6.45) is 5.53. The topological polar surface area (TPSA) is 15.3 Å². The van der Waals surface area contributed by atoms with E-state index >= 15 is 0 Å². The SMILES string of the molecule is CC1=CN2CCCC2N1. The molecular formula is C7H12N2. The average Bonchev–Trinajstić information content (AvgIpc) is 2.22. The van der Waals surface area contributed by atoms with Crippen LogP contribution in [0.15, 0.2) is 11.9 Å². The number of rotatable bonds is 0. The number of nitrogens with one attached hydrogen (secondary N) is 1. The maximum atomic E-state index is 3.40. The summed E-state index contributed by atoms with van der Waals surface area (Å²) < 4.78 is 0. The van der Waals surface area contributed by atoms with E-state index in [9.17, 15) is 0 Å². The molecule has 1 N–H and O–H groups in total. The van der Waals surface area contributed by atoms with Gasteiger partial charge in [-0.05, 0) is 19.8 Å². The maximum absolute atomic E-state index is 3.40. The predicted molar refractivity (Wildman–Crippen MR) is 36.6 cm³/mol. The van der Waals surface area contributed by atoms with E-state index in [0.717, 1.165) is 0 Å². The number of fused-ring (bicyclic) bond motifs is 1. The molecule has 1 saturated heterocycles. The molecule has 1 unspecified atom stereocenters. The van der Waals surface area contributed by atoms with E-state index in [1.165, 1.54) is 25.1 Å². The smallest absolute Gasteiger partial charge is 0.0983 e. The van der Waals surface area contributed by atoms with Gasteiger partial charge in [0.05, 0.1) is 6.17 Å². The summed E-state index contributed by atoms with van der Waals surface area (Å²) in [5, 5.41) is 3.40. The van der Waals surface area contributed by atoms with Crippen molar-refractivity contribution in [3.63, 3.8) is 0 Å². The first-order valence-electron chi connectivity index (χ1n) is 3.57. The van der Waals surface area contributed by atoms with Crippen LogP contribution in [0.2, 0.25) is 0 Å². The first kappa shape index (κ1) is 5.15. The Balaban J connectivity index is 2.13. The molecule has 0 bridgehead atoms. The monoisotopic (exact) mass is 124 g/mol. The lowest BCUT2D eigenvalue weighted by Gasteiger charge is -2.14. The highest BCUT2D eigenvalue weighted by Crippen LogP contribution is 2.21. The molecule has 0 aromatic heterocycles. The van der Waals surface area contributed by atoms with Crippen molar-refractivity contribution in [2.45, 2.75) is 25.9 Å². The number of allylic oxidation sites excluding steroid dienone is 1. The summed E-state index contributed by atoms with van der Waals surface area (Å²) >= 11 is 0. The van der Waals surface area contributed by atoms with Crippen molar-refractivity contribution >= 4 is 0 Å². The summed E-state index contributed by atoms with van der Waals surface area (Å²) in [7, 11) is 0. The summed E-state index contributed by atoms with van der Waals surface area (Å²) in [5.74, 6) is 0. The standard InChI is InChI=1S/C7H12N2/c1-6-5-9-4-2-3-7(9)8-6/h5,7-8H,2-4H2,1H3. The van der Waals surface area contributed by atoms with Crippen LogP contribution in [0.25, 0.3) is 0 Å². The maximum Gasteiger partial charge on any atom is 0.0983 e. The van der Waals surface area contributed by atoms with E-state index in [4.69, 9.17) is 0 Å². The zero-order chi connectivity index (χ0) is 6.27. The van der Waals surface area contributed by atoms with Crippen LogP contribution in [0.1, 0.15) is 19.8 Å². The van der Waals surface area contributed by atoms with Gasteiger partial charge in [0.1, 0.15) is 0 Å². The molecule has 2 heterocycles. The lowest BCUT2D eigenvalue weighted by atomic mass is 10.3. The van der Waals surface area contributed by atoms with Gasteiger partial charge < -0.3 is 10.2 Å². The minimum atomic E-state index is 0.644. The van der Waals surface area contributed by atoms with Crippen LogP contribution in [0, 0.1) is 0 Å². The third-order valence-electron chi connectivity index (χ3n) is 2.05. The van der Waals surface area contributed by atoms with Crippen LogP contribution in [0.4, 0.5) is 0 Å². The fourth-order valence-corrected chi connectivity index (χ4v) is 1.65. The Morgan fingerprint density at radius 3 is 3.44 bits per heavy atom. The van der Waals surface area contributed by atoms with Gasteiger partial charge in [-0.1, -0.05) is 0 Å². The van der Waals surface area contributed by atoms with Gasteiger partial charge >= 0.3 is 0 Å². The van der Waals surface area contributed by atoms with Gasteiger partial charge in [-0.15, -0.1) is 0 Å². The second kappa shape index (κ2) is 1.66. The van der Waals surface area contributed by atoms with Crippen molar-refractivity contribution in [1.82, 2.24) is 10.2 Å². The van der Waals surface area contributed by atoms with E-state index in [-0.39, 0.29) is 0 Å². The molecule has 2 nitrogen and oxygen atoms in total. The zero-order valence-corrected chi connectivity index (χ0v) is 5.72. The van der Waals surface area contributed by atoms with Crippen LogP contribution in [0.3, 0.4) is 0 Å². The molecule has 1 atom stereocenters. The van der Waals surface area contributed by atoms with Gasteiger partial charge in [0.2, 0.25) is 0 Å². The highest BCUT2D eigenvalue weighted by Gasteiger charge is 2.25. The quantitative estimate of drug-likeness (QED) is 0.515. The summed E-state index contributed by atoms with van der Waals surface area (Å²) in [6.45, 7) is 3.37. The fraction of sp³-hybridized carbons (Fsp3) is 0.714. The van der Waals surface area contributed by atoms with E-state index in [1.54, 1.807) is 0 Å². The molecule has 0 aromatic carbocycles. The Labute approximate surface area is 55.5 Å². The lowest BCUT2D eigenvalue weighted by Crippen LogP contribution is -2.29. The molecule has 0 radical (unpaired) electrons. The van der Waals surface area contributed by atoms with Crippen LogP contribution in [-0.2, 0) is 0 Å². The van der Waals surface area contributed by atoms with Crippen molar-refractivity contribution in [2.24, 2.45) is 0 Å². The van der Waals surface area contributed by atoms with E-state index in [2.05, 4.69) is 23.3 Å². The van der Waals surface area contributed by atoms with Crippen molar-refractivity contribution in [2.75, 3.05) is 6.54 Å². The van der Waals surface area contributed by atoms with E-state index < -0.39 is 0 Å². The van der Waals surface area contributed by atoms with Crippen molar-refractivity contribution in [1.29, 1.82) is 0 Å². The summed E-state index contributed by atoms with van der Waals surface area (Å²) in [6, 6.07) is 0. The Morgan fingerprint density at radius 1 is 1.78 bits per heavy atom. The minimum Gasteiger partial charge on any atom is -0.368 e. The largest absolute Gasteiger partial charge is 0.368 e. The molecule has 0 spiro atoms. The van der Waals surface area contributed by atoms with Crippen LogP contribution >= 0.6 is 0 Å². The van der Waals surface area contributed by atoms with E-state index in [1.807, 2.05) is 0 Å². The normalized spacial score (nSPS) is 31.9. The van der Waals surface area contributed by atoms with Gasteiger partial charge in [-0.2, -0.15) is 0 Å². The van der Waals surface area contributed by atoms with Crippen molar-refractivity contribution in [3.05, 3.63) is 11.9 Å². The molecule has 50 valence electrons. The first-order chi connectivity index (χ1) is 4.36. The van der Waals surface area contributed by atoms with Gasteiger partial charge in [-0.25, -0.2) is 0 Å². The second-order valence-corrected chi connectivity index (χ2v) is 2.85. The number of hydrogen-bond donors (Lipinski definition) is 1. The van der Waals surface area contributed by atoms with Gasteiger partial charge in [-0.3, -0.25) is 0 Å². The molecule has 2 aliphatic heterocycles. The molecule has 0 saturated carbocycles. The first-order valence-corrected chi connectivity index (χ1v) is 3.57. The zero-order valence-electron chi connectivity index (χ0n) is 5.72. The molecule has 2 heteroatoms. The Bertz CT molecular complexity index is 151. The Kier molecular flexibility index (Phi) is 0.949. The third-order valence-corrected chi connectivity index (χ3v) is 2.05. The van der Waals surface area contributed by atoms with Gasteiger partial charge in [0, 0.05) is 18.4 Å². The molecule has 0 amide bonds. The Hall–Kier alpha value is -0.660. The Morgan fingerprint density at radius 2 is 2.67 bits per heavy atom. The van der Waals surface area contributed by atoms with Gasteiger partial charge in [0.25, 0.3) is 0 Å². The van der Waals surface area contributed by atoms with Crippen molar-refractivity contribution < 1.29 is 0 Å². The van der Waals surface area contributed by atoms with Crippen molar-refractivity contribution in [3.8, 4) is 0 Å². The van der Waals surface area contributed by atoms with Crippen LogP contribution < -0.4 is 5.32 Å². The molecule has 0 aromatic rings. The number of hydrogen-bond acceptors (Lipinski definition) is 2. The molecule has 0 aliphatic carbocycles. The average molecular weight is 124 g/mol. The molecule has 1 fully saturated rings. The highest BCUT2D eigenvalue weighted by atomic mass is 15.3. The highest BCUT2D eigenvalue weighted by molar-refractivity contribution is 5.07. The number of nitrogens with zero attached hydrogens (tertiary/aromatic N) is 1. The third kappa shape index (κ3) is 0.696. The van der Waals surface area contributed by atoms with Crippen LogP contribution in [0.5, 0.6) is 0 Å². The predicted octanol–water partition coefficient (Wildman–Crippen LogP) is 0.873. The summed E-state index contributed by atoms with van der Waals surface area (Å²) in [4.78, 5) is 2.38. The molecular weight excluding hydrogens is 112 g/mol. The molecule has 2 rings (SSSR count). The van der Waals surface area contributed by atoms with E-state index in [0.29, 0.717) is 6.17 Å². The van der Waals surface area contributed by atoms with Crippen LogP contribution in [-0.4, -0.2) is 17.6 Å². The minimum absolute atomic E-state index is 0.644.